The van der Waals surface area contributed by atoms with Gasteiger partial charge in [0.1, 0.15) is 0 Å². The SMILES string of the molecule is C=CC(=O)N(CC)CC(C)(C)C.C=CC(=O)N(CC)CCC(C)(C)C.C=CCN(CC(C)(C)C)C(=O)C=C.C=CCN(CCC(C)(C)C)C(=O)C=C.C=Cc1cc(C(C)(C)C)ccn1.C=Cc1cccc(C(C)(C)C)n1.C=Cc1nccc(C(C)(C)C)n1.C=Cc1ncccc1C(C)(C)C. The largest absolute Gasteiger partial charge is 0.339 e. The second-order valence-corrected chi connectivity index (χ2v) is 32.9. The number of likely N-dealkylation sites (N-methyl/N-ethyl adjacent to an activating group) is 2. The standard InChI is InChI=1S/C12H21NO.C11H21NO.C11H19NO.3C11H15N.C10H14N2.C10H19NO/c1-6-9-13(11(14)7-2)10-8-12(3,4)5;1-6-10(13)12(7-2)9-8-11(3,4)5;1-6-8-12(10(13)7-2)9-11(3,4)5;1-5-10-8-9(6-7-12-10)11(2,3)4;1-5-10-9(11(2,3)4)7-6-8-12-10;1-5-9-7-6-8-10(12-9)11(2,3)4;1-5-9-11-7-6-8(12-9)10(2,3)4;1-6-9(12)11(7-2)8-10(3,4)5/h6-7H,1-2,8-10H2,3-5H3;6H,1,7-9H2,2-5H3;6-7H,1-2,8-9H2,3-5H3;3*5-8H,1H2,2-4H3;5-7H,1H2,2-4H3;6H,1,7-8H2,2-5H3. The lowest BCUT2D eigenvalue weighted by molar-refractivity contribution is -0.127. The molecule has 4 aromatic heterocycles. The number of amides is 4. The molecular formula is C87H139N9O4. The zero-order valence-electron chi connectivity index (χ0n) is 67.9. The summed E-state index contributed by atoms with van der Waals surface area (Å²) in [6, 6.07) is 16.2. The van der Waals surface area contributed by atoms with Crippen LogP contribution in [0.4, 0.5) is 0 Å². The van der Waals surface area contributed by atoms with Crippen LogP contribution in [-0.2, 0) is 40.8 Å². The summed E-state index contributed by atoms with van der Waals surface area (Å²) in [4.78, 5) is 73.5. The average Bonchev–Trinajstić information content (AvgIpc) is 0.862. The van der Waals surface area contributed by atoms with Crippen LogP contribution in [0.25, 0.3) is 24.3 Å². The summed E-state index contributed by atoms with van der Waals surface area (Å²) in [7, 11) is 0. The number of aromatic nitrogens is 5. The van der Waals surface area contributed by atoms with Crippen molar-refractivity contribution in [1.82, 2.24) is 44.5 Å². The maximum atomic E-state index is 11.4. The van der Waals surface area contributed by atoms with Crippen LogP contribution in [0, 0.1) is 21.7 Å². The van der Waals surface area contributed by atoms with Gasteiger partial charge in [0.15, 0.2) is 5.82 Å². The molecule has 100 heavy (non-hydrogen) atoms. The highest BCUT2D eigenvalue weighted by molar-refractivity contribution is 5.88. The summed E-state index contributed by atoms with van der Waals surface area (Å²) in [6.45, 7) is 97.3. The van der Waals surface area contributed by atoms with Crippen molar-refractivity contribution in [3.05, 3.63) is 215 Å². The number of hydrogen-bond acceptors (Lipinski definition) is 9. The van der Waals surface area contributed by atoms with E-state index in [0.717, 1.165) is 80.6 Å². The first-order valence-electron chi connectivity index (χ1n) is 34.9. The lowest BCUT2D eigenvalue weighted by Crippen LogP contribution is -2.36. The fraction of sp³-hybridized carbons (Fsp3) is 0.506. The number of carbonyl (C=O) groups is 4. The highest BCUT2D eigenvalue weighted by atomic mass is 16.2. The molecule has 4 rings (SSSR count). The smallest absolute Gasteiger partial charge is 0.246 e. The number of carbonyl (C=O) groups excluding carboxylic acids is 4. The summed E-state index contributed by atoms with van der Waals surface area (Å²) in [5.74, 6) is 0.700. The number of nitrogens with zero attached hydrogens (tertiary/aromatic N) is 9. The Morgan fingerprint density at radius 2 is 0.810 bits per heavy atom. The van der Waals surface area contributed by atoms with Crippen LogP contribution in [0.5, 0.6) is 0 Å². The van der Waals surface area contributed by atoms with Crippen LogP contribution in [-0.4, -0.2) is 121 Å². The summed E-state index contributed by atoms with van der Waals surface area (Å²) in [6.07, 6.45) is 23.3. The van der Waals surface area contributed by atoms with Gasteiger partial charge >= 0.3 is 0 Å². The van der Waals surface area contributed by atoms with Crippen molar-refractivity contribution >= 4 is 47.9 Å². The minimum absolute atomic E-state index is 0.0193. The van der Waals surface area contributed by atoms with Crippen LogP contribution in [0.3, 0.4) is 0 Å². The molecule has 0 saturated carbocycles. The topological polar surface area (TPSA) is 146 Å². The van der Waals surface area contributed by atoms with Crippen LogP contribution in [0.1, 0.15) is 238 Å². The summed E-state index contributed by atoms with van der Waals surface area (Å²) in [5, 5.41) is 0. The van der Waals surface area contributed by atoms with Gasteiger partial charge in [-0.1, -0.05) is 243 Å². The molecule has 0 unspecified atom stereocenters. The third-order valence-electron chi connectivity index (χ3n) is 14.1. The lowest BCUT2D eigenvalue weighted by atomic mass is 9.86. The van der Waals surface area contributed by atoms with E-state index < -0.39 is 0 Å². The lowest BCUT2D eigenvalue weighted by Gasteiger charge is -2.28. The normalized spacial score (nSPS) is 11.1. The predicted octanol–water partition coefficient (Wildman–Crippen LogP) is 20.9. The third-order valence-corrected chi connectivity index (χ3v) is 14.1. The van der Waals surface area contributed by atoms with Gasteiger partial charge in [-0.2, -0.15) is 0 Å². The Kier molecular flexibility index (Phi) is 46.9. The molecule has 0 atom stereocenters. The molecule has 13 nitrogen and oxygen atoms in total. The van der Waals surface area contributed by atoms with Crippen molar-refractivity contribution < 1.29 is 19.2 Å². The van der Waals surface area contributed by atoms with E-state index in [1.165, 1.54) is 35.4 Å². The van der Waals surface area contributed by atoms with Gasteiger partial charge in [-0.3, -0.25) is 34.1 Å². The van der Waals surface area contributed by atoms with Gasteiger partial charge in [-0.15, -0.1) is 13.2 Å². The van der Waals surface area contributed by atoms with Crippen LogP contribution in [0.2, 0.25) is 0 Å². The van der Waals surface area contributed by atoms with Crippen molar-refractivity contribution in [2.45, 2.75) is 215 Å². The summed E-state index contributed by atoms with van der Waals surface area (Å²) < 4.78 is 0. The quantitative estimate of drug-likeness (QED) is 0.0623. The molecule has 4 heterocycles. The first-order valence-corrected chi connectivity index (χ1v) is 34.9. The van der Waals surface area contributed by atoms with E-state index in [1.807, 2.05) is 61.3 Å². The number of pyridine rings is 3. The Labute approximate surface area is 611 Å². The molecular weight excluding hydrogens is 1240 g/mol. The third kappa shape index (κ3) is 48.5. The van der Waals surface area contributed by atoms with Crippen molar-refractivity contribution in [2.24, 2.45) is 21.7 Å². The zero-order chi connectivity index (χ0) is 78.7. The average molecular weight is 1380 g/mol. The molecule has 0 aliphatic rings. The second kappa shape index (κ2) is 47.8. The molecule has 0 fully saturated rings. The highest BCUT2D eigenvalue weighted by Crippen LogP contribution is 2.26. The van der Waals surface area contributed by atoms with E-state index in [0.29, 0.717) is 18.9 Å². The molecule has 556 valence electrons. The van der Waals surface area contributed by atoms with Crippen molar-refractivity contribution in [3.63, 3.8) is 0 Å². The molecule has 0 bridgehead atoms. The van der Waals surface area contributed by atoms with Crippen LogP contribution >= 0.6 is 0 Å². The Hall–Kier alpha value is -8.19. The molecule has 0 aliphatic heterocycles. The molecule has 0 saturated heterocycles. The maximum absolute atomic E-state index is 11.4. The summed E-state index contributed by atoms with van der Waals surface area (Å²) >= 11 is 0. The molecule has 0 aromatic carbocycles. The Morgan fingerprint density at radius 3 is 1.19 bits per heavy atom. The van der Waals surface area contributed by atoms with E-state index in [1.54, 1.807) is 63.5 Å². The van der Waals surface area contributed by atoms with Gasteiger partial charge in [0.05, 0.1) is 17.1 Å². The molecule has 4 amide bonds. The van der Waals surface area contributed by atoms with E-state index >= 15 is 0 Å². The van der Waals surface area contributed by atoms with Crippen molar-refractivity contribution in [2.75, 3.05) is 52.4 Å². The number of hydrogen-bond donors (Lipinski definition) is 0. The first-order chi connectivity index (χ1) is 45.8. The molecule has 4 aromatic rings. The Morgan fingerprint density at radius 1 is 0.390 bits per heavy atom. The minimum Gasteiger partial charge on any atom is -0.339 e. The van der Waals surface area contributed by atoms with E-state index in [9.17, 15) is 19.2 Å². The predicted molar refractivity (Wildman–Crippen MR) is 436 cm³/mol. The van der Waals surface area contributed by atoms with Gasteiger partial charge in [0, 0.05) is 93.2 Å². The van der Waals surface area contributed by atoms with Crippen LogP contribution in [0.15, 0.2) is 169 Å². The highest BCUT2D eigenvalue weighted by Gasteiger charge is 2.22. The number of rotatable bonds is 20. The molecule has 0 N–H and O–H groups in total. The monoisotopic (exact) mass is 1370 g/mol. The van der Waals surface area contributed by atoms with Crippen LogP contribution < -0.4 is 0 Å². The maximum Gasteiger partial charge on any atom is 0.246 e. The van der Waals surface area contributed by atoms with Gasteiger partial charge in [-0.05, 0) is 155 Å². The van der Waals surface area contributed by atoms with Crippen molar-refractivity contribution in [3.8, 4) is 0 Å². The Balaban J connectivity index is -0.000000527. The summed E-state index contributed by atoms with van der Waals surface area (Å²) in [5.41, 5.74) is 8.96. The van der Waals surface area contributed by atoms with E-state index in [-0.39, 0.29) is 66.9 Å². The van der Waals surface area contributed by atoms with Gasteiger partial charge < -0.3 is 19.6 Å². The molecule has 0 spiro atoms. The fourth-order valence-corrected chi connectivity index (χ4v) is 8.32. The van der Waals surface area contributed by atoms with Gasteiger partial charge in [-0.25, -0.2) is 9.97 Å². The Bertz CT molecular complexity index is 3000. The van der Waals surface area contributed by atoms with E-state index in [2.05, 4.69) is 269 Å². The van der Waals surface area contributed by atoms with Gasteiger partial charge in [0.25, 0.3) is 0 Å². The van der Waals surface area contributed by atoms with Crippen molar-refractivity contribution in [1.29, 1.82) is 0 Å². The fourth-order valence-electron chi connectivity index (χ4n) is 8.32. The second-order valence-electron chi connectivity index (χ2n) is 32.9. The van der Waals surface area contributed by atoms with E-state index in [4.69, 9.17) is 0 Å². The molecule has 13 heteroatoms. The first kappa shape index (κ1) is 98.2. The zero-order valence-corrected chi connectivity index (χ0v) is 67.9. The minimum atomic E-state index is -0.0326. The molecule has 0 aliphatic carbocycles. The molecule has 0 radical (unpaired) electrons. The van der Waals surface area contributed by atoms with Gasteiger partial charge in [0.2, 0.25) is 23.6 Å².